The Balaban J connectivity index is 1.64. The first kappa shape index (κ1) is 11.4. The van der Waals surface area contributed by atoms with E-state index in [-0.39, 0.29) is 0 Å². The summed E-state index contributed by atoms with van der Waals surface area (Å²) in [6, 6.07) is 17.0. The highest BCUT2D eigenvalue weighted by Crippen LogP contribution is 2.22. The topological polar surface area (TPSA) is 31.6 Å². The largest absolute Gasteiger partial charge is 0.364 e. The zero-order valence-corrected chi connectivity index (χ0v) is 11.2. The van der Waals surface area contributed by atoms with Crippen molar-refractivity contribution in [3.63, 3.8) is 0 Å². The van der Waals surface area contributed by atoms with Crippen molar-refractivity contribution in [1.82, 2.24) is 9.97 Å². The molecule has 0 aliphatic carbocycles. The second-order valence-corrected chi connectivity index (χ2v) is 5.21. The molecule has 0 saturated carbocycles. The van der Waals surface area contributed by atoms with Gasteiger partial charge in [-0.15, -0.1) is 0 Å². The lowest BCUT2D eigenvalue weighted by molar-refractivity contribution is 0.911. The predicted molar refractivity (Wildman–Crippen MR) is 84.0 cm³/mol. The van der Waals surface area contributed by atoms with Crippen molar-refractivity contribution in [2.75, 3.05) is 0 Å². The summed E-state index contributed by atoms with van der Waals surface area (Å²) in [7, 11) is 0. The Morgan fingerprint density at radius 1 is 0.600 bits per heavy atom. The van der Waals surface area contributed by atoms with Gasteiger partial charge in [-0.3, -0.25) is 0 Å². The Morgan fingerprint density at radius 2 is 1.05 bits per heavy atom. The van der Waals surface area contributed by atoms with Crippen molar-refractivity contribution < 1.29 is 0 Å². The molecule has 0 fully saturated rings. The molecule has 2 N–H and O–H groups in total. The number of aromatic nitrogens is 2. The number of nitrogens with one attached hydrogen (secondary N) is 2. The van der Waals surface area contributed by atoms with Crippen LogP contribution in [0.15, 0.2) is 60.9 Å². The molecule has 0 aliphatic heterocycles. The second-order valence-electron chi connectivity index (χ2n) is 5.21. The lowest BCUT2D eigenvalue weighted by Crippen LogP contribution is -1.92. The molecule has 0 radical (unpaired) electrons. The molecule has 0 unspecified atom stereocenters. The fraction of sp³-hybridized carbons (Fsp3) is 0.111. The monoisotopic (exact) mass is 260 g/mol. The van der Waals surface area contributed by atoms with Gasteiger partial charge in [-0.1, -0.05) is 48.5 Å². The van der Waals surface area contributed by atoms with Gasteiger partial charge in [-0.05, 0) is 23.6 Å². The smallest absolute Gasteiger partial charge is 0.0230 e. The van der Waals surface area contributed by atoms with Crippen LogP contribution in [0, 0.1) is 0 Å². The van der Waals surface area contributed by atoms with Crippen LogP contribution in [-0.2, 0) is 12.8 Å². The number of rotatable bonds is 3. The van der Waals surface area contributed by atoms with Crippen molar-refractivity contribution in [2.24, 2.45) is 0 Å². The maximum atomic E-state index is 3.41. The maximum Gasteiger partial charge on any atom is 0.0230 e. The molecule has 2 aromatic carbocycles. The van der Waals surface area contributed by atoms with Crippen molar-refractivity contribution >= 4 is 21.5 Å². The summed E-state index contributed by atoms with van der Waals surface area (Å²) >= 11 is 0. The zero-order valence-electron chi connectivity index (χ0n) is 11.2. The molecule has 0 aliphatic rings. The van der Waals surface area contributed by atoms with Gasteiger partial charge in [0.1, 0.15) is 0 Å². The summed E-state index contributed by atoms with van der Waals surface area (Å²) in [5, 5.41) is 5.25. The fourth-order valence-electron chi connectivity index (χ4n) is 2.94. The van der Waals surface area contributed by atoms with Gasteiger partial charge in [0.25, 0.3) is 0 Å². The van der Waals surface area contributed by atoms with E-state index in [1.54, 1.807) is 0 Å². The van der Waals surface area contributed by atoms with Crippen molar-refractivity contribution in [2.45, 2.75) is 12.8 Å². The van der Waals surface area contributed by atoms with E-state index in [9.17, 15) is 0 Å². The number of aromatic amines is 2. The van der Waals surface area contributed by atoms with Crippen molar-refractivity contribution in [3.05, 3.63) is 72.3 Å². The molecule has 98 valence electrons. The molecule has 2 heteroatoms. The molecule has 0 spiro atoms. The van der Waals surface area contributed by atoms with E-state index in [0.29, 0.717) is 0 Å². The summed E-state index contributed by atoms with van der Waals surface area (Å²) in [5.74, 6) is 0. The van der Waals surface area contributed by atoms with Crippen LogP contribution in [0.5, 0.6) is 0 Å². The average molecular weight is 260 g/mol. The van der Waals surface area contributed by atoms with E-state index in [1.165, 1.54) is 32.9 Å². The fourth-order valence-corrected chi connectivity index (χ4v) is 2.94. The molecule has 0 atom stereocenters. The van der Waals surface area contributed by atoms with E-state index >= 15 is 0 Å². The minimum absolute atomic E-state index is 1.03. The standard InChI is InChI=1S/C18H16N2/c1-3-7-15-13(5-1)11-19-17(15)9-10-18-16-8-4-2-6-14(16)12-20-18/h1-8,11-12,19-20H,9-10H2. The Labute approximate surface area is 117 Å². The van der Waals surface area contributed by atoms with Crippen LogP contribution in [-0.4, -0.2) is 9.97 Å². The predicted octanol–water partition coefficient (Wildman–Crippen LogP) is 4.43. The highest BCUT2D eigenvalue weighted by atomic mass is 14.7. The highest BCUT2D eigenvalue weighted by molar-refractivity contribution is 5.86. The molecule has 4 rings (SSSR count). The third-order valence-corrected chi connectivity index (χ3v) is 4.00. The number of benzene rings is 2. The van der Waals surface area contributed by atoms with Crippen LogP contribution < -0.4 is 0 Å². The number of hydrogen-bond acceptors (Lipinski definition) is 0. The number of aryl methyl sites for hydroxylation is 2. The van der Waals surface area contributed by atoms with E-state index < -0.39 is 0 Å². The van der Waals surface area contributed by atoms with Crippen LogP contribution in [0.4, 0.5) is 0 Å². The SMILES string of the molecule is c1ccc2c(CCc3[nH]cc4ccccc34)[nH]cc2c1. The maximum absolute atomic E-state index is 3.41. The van der Waals surface area contributed by atoms with Gasteiger partial charge in [0.05, 0.1) is 0 Å². The van der Waals surface area contributed by atoms with Gasteiger partial charge >= 0.3 is 0 Å². The number of H-pyrrole nitrogens is 2. The summed E-state index contributed by atoms with van der Waals surface area (Å²) < 4.78 is 0. The first-order valence-electron chi connectivity index (χ1n) is 7.02. The lowest BCUT2D eigenvalue weighted by Gasteiger charge is -2.00. The zero-order chi connectivity index (χ0) is 13.4. The van der Waals surface area contributed by atoms with E-state index in [4.69, 9.17) is 0 Å². The van der Waals surface area contributed by atoms with E-state index in [1.807, 2.05) is 0 Å². The first-order chi connectivity index (χ1) is 9.92. The summed E-state index contributed by atoms with van der Waals surface area (Å²) in [6.45, 7) is 0. The summed E-state index contributed by atoms with van der Waals surface area (Å²) in [5.41, 5.74) is 2.64. The summed E-state index contributed by atoms with van der Waals surface area (Å²) in [4.78, 5) is 6.82. The minimum Gasteiger partial charge on any atom is -0.364 e. The van der Waals surface area contributed by atoms with Crippen molar-refractivity contribution in [3.8, 4) is 0 Å². The molecule has 20 heavy (non-hydrogen) atoms. The van der Waals surface area contributed by atoms with Crippen LogP contribution in [0.1, 0.15) is 11.4 Å². The highest BCUT2D eigenvalue weighted by Gasteiger charge is 2.06. The average Bonchev–Trinajstić information content (AvgIpc) is 3.09. The van der Waals surface area contributed by atoms with Crippen LogP contribution in [0.3, 0.4) is 0 Å². The first-order valence-corrected chi connectivity index (χ1v) is 7.02. The molecule has 0 saturated heterocycles. The molecule has 0 bridgehead atoms. The van der Waals surface area contributed by atoms with E-state index in [2.05, 4.69) is 70.9 Å². The Hall–Kier alpha value is -2.48. The van der Waals surface area contributed by atoms with Crippen LogP contribution in [0.25, 0.3) is 21.5 Å². The van der Waals surface area contributed by atoms with E-state index in [0.717, 1.165) is 12.8 Å². The molecular weight excluding hydrogens is 244 g/mol. The van der Waals surface area contributed by atoms with Gasteiger partial charge in [-0.2, -0.15) is 0 Å². The lowest BCUT2D eigenvalue weighted by atomic mass is 10.1. The second kappa shape index (κ2) is 4.57. The Morgan fingerprint density at radius 3 is 1.55 bits per heavy atom. The summed E-state index contributed by atoms with van der Waals surface area (Å²) in [6.07, 6.45) is 6.24. The molecule has 0 amide bonds. The molecule has 2 aromatic heterocycles. The quantitative estimate of drug-likeness (QED) is 0.546. The van der Waals surface area contributed by atoms with Gasteiger partial charge in [0.2, 0.25) is 0 Å². The Bertz CT molecular complexity index is 793. The third-order valence-electron chi connectivity index (χ3n) is 4.00. The normalized spacial score (nSPS) is 11.4. The Kier molecular flexibility index (Phi) is 2.59. The van der Waals surface area contributed by atoms with Crippen LogP contribution in [0.2, 0.25) is 0 Å². The number of fused-ring (bicyclic) bond motifs is 2. The van der Waals surface area contributed by atoms with Crippen LogP contribution >= 0.6 is 0 Å². The van der Waals surface area contributed by atoms with Crippen molar-refractivity contribution in [1.29, 1.82) is 0 Å². The molecule has 2 nitrogen and oxygen atoms in total. The van der Waals surface area contributed by atoms with Gasteiger partial charge in [-0.25, -0.2) is 0 Å². The number of hydrogen-bond donors (Lipinski definition) is 2. The molecular formula is C18H16N2. The molecule has 4 aromatic rings. The molecule has 2 heterocycles. The van der Waals surface area contributed by atoms with Gasteiger partial charge < -0.3 is 9.97 Å². The minimum atomic E-state index is 1.03. The van der Waals surface area contributed by atoms with Gasteiger partial charge in [0.15, 0.2) is 0 Å². The van der Waals surface area contributed by atoms with Gasteiger partial charge in [0, 0.05) is 34.6 Å². The third kappa shape index (κ3) is 1.81.